The minimum Gasteiger partial charge on any atom is -0.336 e. The summed E-state index contributed by atoms with van der Waals surface area (Å²) >= 11 is 7.64. The summed E-state index contributed by atoms with van der Waals surface area (Å²) in [5.74, 6) is 0.0698. The van der Waals surface area contributed by atoms with Crippen molar-refractivity contribution in [3.8, 4) is 0 Å². The summed E-state index contributed by atoms with van der Waals surface area (Å²) in [7, 11) is 1.87. The van der Waals surface area contributed by atoms with Crippen LogP contribution in [0.25, 0.3) is 11.0 Å². The Kier molecular flexibility index (Phi) is 4.92. The molecule has 0 radical (unpaired) electrons. The van der Waals surface area contributed by atoms with E-state index < -0.39 is 0 Å². The summed E-state index contributed by atoms with van der Waals surface area (Å²) < 4.78 is 2.57. The summed E-state index contributed by atoms with van der Waals surface area (Å²) in [4.78, 5) is 23.4. The fourth-order valence-corrected chi connectivity index (χ4v) is 4.81. The molecule has 8 heteroatoms. The van der Waals surface area contributed by atoms with Gasteiger partial charge in [0.2, 0.25) is 0 Å². The number of thiophene rings is 1. The van der Waals surface area contributed by atoms with Crippen molar-refractivity contribution in [2.75, 3.05) is 26.2 Å². The Labute approximate surface area is 167 Å². The van der Waals surface area contributed by atoms with Crippen LogP contribution in [0, 0.1) is 13.8 Å². The largest absolute Gasteiger partial charge is 0.336 e. The smallest absolute Gasteiger partial charge is 0.254 e. The van der Waals surface area contributed by atoms with Crippen LogP contribution in [0.15, 0.2) is 18.2 Å². The van der Waals surface area contributed by atoms with Crippen molar-refractivity contribution >= 4 is 39.9 Å². The third kappa shape index (κ3) is 3.59. The SMILES string of the molecule is Cc1cc(C(=O)N2CCN(Cc3ccc(Cl)s3)CC2)c2c(C)nn(C)c2n1. The number of amides is 1. The van der Waals surface area contributed by atoms with Crippen LogP contribution < -0.4 is 0 Å². The number of halogens is 1. The molecule has 27 heavy (non-hydrogen) atoms. The Balaban J connectivity index is 1.51. The fourth-order valence-electron chi connectivity index (χ4n) is 3.68. The summed E-state index contributed by atoms with van der Waals surface area (Å²) in [5, 5.41) is 5.31. The number of rotatable bonds is 3. The first-order chi connectivity index (χ1) is 12.9. The third-order valence-corrected chi connectivity index (χ3v) is 6.21. The summed E-state index contributed by atoms with van der Waals surface area (Å²) in [6, 6.07) is 5.90. The molecule has 1 aliphatic heterocycles. The normalized spacial score (nSPS) is 15.6. The van der Waals surface area contributed by atoms with Gasteiger partial charge in [0.15, 0.2) is 5.65 Å². The molecule has 4 rings (SSSR count). The van der Waals surface area contributed by atoms with Crippen molar-refractivity contribution in [3.63, 3.8) is 0 Å². The standard InChI is InChI=1S/C19H22ClN5OS/c1-12-10-15(17-13(2)22-23(3)18(17)21-12)19(26)25-8-6-24(7-9-25)11-14-4-5-16(20)27-14/h4-5,10H,6-9,11H2,1-3H3. The third-order valence-electron chi connectivity index (χ3n) is 4.99. The maximum absolute atomic E-state index is 13.2. The van der Waals surface area contributed by atoms with E-state index in [1.807, 2.05) is 37.9 Å². The number of aryl methyl sites for hydroxylation is 3. The maximum atomic E-state index is 13.2. The molecular weight excluding hydrogens is 382 g/mol. The first-order valence-electron chi connectivity index (χ1n) is 8.99. The molecule has 6 nitrogen and oxygen atoms in total. The van der Waals surface area contributed by atoms with Gasteiger partial charge in [0, 0.05) is 50.3 Å². The summed E-state index contributed by atoms with van der Waals surface area (Å²) in [6.45, 7) is 7.91. The van der Waals surface area contributed by atoms with E-state index in [1.165, 1.54) is 4.88 Å². The van der Waals surface area contributed by atoms with Crippen LogP contribution >= 0.6 is 22.9 Å². The van der Waals surface area contributed by atoms with E-state index >= 15 is 0 Å². The van der Waals surface area contributed by atoms with E-state index in [2.05, 4.69) is 21.0 Å². The van der Waals surface area contributed by atoms with Gasteiger partial charge in [0.05, 0.1) is 21.0 Å². The first-order valence-corrected chi connectivity index (χ1v) is 10.2. The molecule has 0 saturated carbocycles. The predicted octanol–water partition coefficient (Wildman–Crippen LogP) is 3.26. The van der Waals surface area contributed by atoms with Crippen molar-refractivity contribution < 1.29 is 4.79 Å². The number of piperazine rings is 1. The zero-order chi connectivity index (χ0) is 19.1. The quantitative estimate of drug-likeness (QED) is 0.673. The zero-order valence-corrected chi connectivity index (χ0v) is 17.3. The topological polar surface area (TPSA) is 54.3 Å². The number of nitrogens with zero attached hydrogens (tertiary/aromatic N) is 5. The molecule has 0 N–H and O–H groups in total. The summed E-state index contributed by atoms with van der Waals surface area (Å²) in [5.41, 5.74) is 3.16. The molecule has 4 heterocycles. The Bertz CT molecular complexity index is 1000. The van der Waals surface area contributed by atoms with Gasteiger partial charge >= 0.3 is 0 Å². The number of hydrogen-bond donors (Lipinski definition) is 0. The second-order valence-electron chi connectivity index (χ2n) is 6.99. The molecule has 142 valence electrons. The number of carbonyl (C=O) groups excluding carboxylic acids is 1. The lowest BCUT2D eigenvalue weighted by atomic mass is 10.1. The van der Waals surface area contributed by atoms with E-state index in [0.29, 0.717) is 5.56 Å². The number of carbonyl (C=O) groups is 1. The monoisotopic (exact) mass is 403 g/mol. The molecule has 0 atom stereocenters. The van der Waals surface area contributed by atoms with Crippen molar-refractivity contribution in [2.24, 2.45) is 7.05 Å². The highest BCUT2D eigenvalue weighted by Crippen LogP contribution is 2.25. The van der Waals surface area contributed by atoms with Crippen molar-refractivity contribution in [1.29, 1.82) is 0 Å². The van der Waals surface area contributed by atoms with Crippen molar-refractivity contribution in [1.82, 2.24) is 24.6 Å². The lowest BCUT2D eigenvalue weighted by Crippen LogP contribution is -2.48. The molecule has 0 aromatic carbocycles. The van der Waals surface area contributed by atoms with Gasteiger partial charge in [0.1, 0.15) is 0 Å². The number of fused-ring (bicyclic) bond motifs is 1. The molecule has 3 aromatic heterocycles. The molecule has 1 fully saturated rings. The second-order valence-corrected chi connectivity index (χ2v) is 8.79. The van der Waals surface area contributed by atoms with E-state index in [1.54, 1.807) is 16.0 Å². The van der Waals surface area contributed by atoms with Gasteiger partial charge in [-0.2, -0.15) is 5.10 Å². The number of pyridine rings is 1. The van der Waals surface area contributed by atoms with Crippen LogP contribution in [0.1, 0.15) is 26.6 Å². The van der Waals surface area contributed by atoms with Gasteiger partial charge in [-0.25, -0.2) is 4.98 Å². The van der Waals surface area contributed by atoms with Crippen LogP contribution in [0.4, 0.5) is 0 Å². The Morgan fingerprint density at radius 3 is 2.63 bits per heavy atom. The highest BCUT2D eigenvalue weighted by molar-refractivity contribution is 7.16. The predicted molar refractivity (Wildman–Crippen MR) is 108 cm³/mol. The van der Waals surface area contributed by atoms with E-state index in [0.717, 1.165) is 59.5 Å². The maximum Gasteiger partial charge on any atom is 0.254 e. The Morgan fingerprint density at radius 2 is 1.96 bits per heavy atom. The van der Waals surface area contributed by atoms with Crippen LogP contribution in [0.5, 0.6) is 0 Å². The zero-order valence-electron chi connectivity index (χ0n) is 15.7. The average Bonchev–Trinajstić information content (AvgIpc) is 3.17. The van der Waals surface area contributed by atoms with Gasteiger partial charge in [0.25, 0.3) is 5.91 Å². The molecule has 0 aliphatic carbocycles. The Morgan fingerprint density at radius 1 is 1.22 bits per heavy atom. The van der Waals surface area contributed by atoms with E-state index in [4.69, 9.17) is 11.6 Å². The Hall–Kier alpha value is -1.96. The van der Waals surface area contributed by atoms with Crippen LogP contribution in [-0.2, 0) is 13.6 Å². The van der Waals surface area contributed by atoms with E-state index in [9.17, 15) is 4.79 Å². The lowest BCUT2D eigenvalue weighted by Gasteiger charge is -2.34. The highest BCUT2D eigenvalue weighted by Gasteiger charge is 2.25. The van der Waals surface area contributed by atoms with Gasteiger partial charge in [-0.15, -0.1) is 11.3 Å². The van der Waals surface area contributed by atoms with E-state index in [-0.39, 0.29) is 5.91 Å². The van der Waals surface area contributed by atoms with Gasteiger partial charge in [-0.3, -0.25) is 14.4 Å². The lowest BCUT2D eigenvalue weighted by molar-refractivity contribution is 0.0631. The van der Waals surface area contributed by atoms with Crippen LogP contribution in [0.2, 0.25) is 4.34 Å². The van der Waals surface area contributed by atoms with Gasteiger partial charge in [-0.1, -0.05) is 11.6 Å². The summed E-state index contributed by atoms with van der Waals surface area (Å²) in [6.07, 6.45) is 0. The average molecular weight is 404 g/mol. The molecule has 3 aromatic rings. The van der Waals surface area contributed by atoms with Gasteiger partial charge in [-0.05, 0) is 32.0 Å². The molecule has 1 aliphatic rings. The molecule has 1 saturated heterocycles. The number of aromatic nitrogens is 3. The van der Waals surface area contributed by atoms with Gasteiger partial charge < -0.3 is 4.90 Å². The van der Waals surface area contributed by atoms with Crippen LogP contribution in [0.3, 0.4) is 0 Å². The van der Waals surface area contributed by atoms with Crippen molar-refractivity contribution in [3.05, 3.63) is 44.4 Å². The molecule has 1 amide bonds. The number of hydrogen-bond acceptors (Lipinski definition) is 5. The first kappa shape index (κ1) is 18.4. The fraction of sp³-hybridized carbons (Fsp3) is 0.421. The van der Waals surface area contributed by atoms with Crippen molar-refractivity contribution in [2.45, 2.75) is 20.4 Å². The van der Waals surface area contributed by atoms with Crippen LogP contribution in [-0.4, -0.2) is 56.7 Å². The minimum atomic E-state index is 0.0698. The minimum absolute atomic E-state index is 0.0698. The molecule has 0 spiro atoms. The molecule has 0 unspecified atom stereocenters. The molecular formula is C19H22ClN5OS. The molecule has 0 bridgehead atoms. The second kappa shape index (κ2) is 7.22. The highest BCUT2D eigenvalue weighted by atomic mass is 35.5.